The molecular formula is C28H31NO4. The zero-order chi connectivity index (χ0) is 24.0. The number of ketones is 1. The van der Waals surface area contributed by atoms with Gasteiger partial charge in [-0.15, -0.1) is 0 Å². The van der Waals surface area contributed by atoms with Crippen molar-refractivity contribution in [3.8, 4) is 11.5 Å². The summed E-state index contributed by atoms with van der Waals surface area (Å²) < 4.78 is 11.1. The van der Waals surface area contributed by atoms with Gasteiger partial charge in [-0.2, -0.15) is 0 Å². The fourth-order valence-corrected chi connectivity index (χ4v) is 3.41. The average molecular weight is 446 g/mol. The Bertz CT molecular complexity index is 1110. The Morgan fingerprint density at radius 2 is 1.55 bits per heavy atom. The van der Waals surface area contributed by atoms with Crippen LogP contribution in [0.15, 0.2) is 72.8 Å². The SMILES string of the molecule is CC[C@@H](Oc1cccc(OC)c1)C(=O)Nc1cccc(C(=O)c2ccc(C(C)(C)C)cc2)c1. The highest BCUT2D eigenvalue weighted by Crippen LogP contribution is 2.24. The molecule has 0 aliphatic carbocycles. The molecule has 0 aromatic heterocycles. The van der Waals surface area contributed by atoms with Crippen LogP contribution in [0.1, 0.15) is 55.6 Å². The standard InChI is InChI=1S/C28H31NO4/c1-6-25(33-24-12-8-11-23(18-24)32-5)27(31)29-22-10-7-9-20(17-22)26(30)19-13-15-21(16-14-19)28(2,3)4/h7-18,25H,6H2,1-5H3,(H,29,31)/t25-/m1/s1. The topological polar surface area (TPSA) is 64.6 Å². The van der Waals surface area contributed by atoms with Crippen LogP contribution in [0.2, 0.25) is 0 Å². The van der Waals surface area contributed by atoms with Crippen molar-refractivity contribution in [2.24, 2.45) is 0 Å². The summed E-state index contributed by atoms with van der Waals surface area (Å²) in [7, 11) is 1.58. The van der Waals surface area contributed by atoms with Crippen molar-refractivity contribution in [2.75, 3.05) is 12.4 Å². The van der Waals surface area contributed by atoms with Gasteiger partial charge in [0.1, 0.15) is 11.5 Å². The lowest BCUT2D eigenvalue weighted by Gasteiger charge is -2.19. The van der Waals surface area contributed by atoms with Crippen LogP contribution in [0.4, 0.5) is 5.69 Å². The summed E-state index contributed by atoms with van der Waals surface area (Å²) in [5.74, 6) is 0.842. The first-order valence-corrected chi connectivity index (χ1v) is 11.1. The van der Waals surface area contributed by atoms with Gasteiger partial charge in [0.2, 0.25) is 0 Å². The van der Waals surface area contributed by atoms with Crippen molar-refractivity contribution in [3.05, 3.63) is 89.5 Å². The number of amides is 1. The first-order valence-electron chi connectivity index (χ1n) is 11.1. The second-order valence-corrected chi connectivity index (χ2v) is 8.92. The van der Waals surface area contributed by atoms with Crippen LogP contribution in [-0.4, -0.2) is 24.9 Å². The minimum atomic E-state index is -0.679. The van der Waals surface area contributed by atoms with E-state index in [0.29, 0.717) is 34.7 Å². The van der Waals surface area contributed by atoms with E-state index in [1.807, 2.05) is 43.3 Å². The number of nitrogens with one attached hydrogen (secondary N) is 1. The van der Waals surface area contributed by atoms with Crippen LogP contribution in [0, 0.1) is 0 Å². The molecule has 0 aliphatic heterocycles. The quantitative estimate of drug-likeness (QED) is 0.431. The Balaban J connectivity index is 1.71. The van der Waals surface area contributed by atoms with Crippen molar-refractivity contribution in [1.82, 2.24) is 0 Å². The minimum absolute atomic E-state index is 0.0224. The van der Waals surface area contributed by atoms with Crippen molar-refractivity contribution in [2.45, 2.75) is 45.6 Å². The minimum Gasteiger partial charge on any atom is -0.497 e. The van der Waals surface area contributed by atoms with E-state index < -0.39 is 6.10 Å². The van der Waals surface area contributed by atoms with Gasteiger partial charge >= 0.3 is 0 Å². The van der Waals surface area contributed by atoms with Gasteiger partial charge in [0.25, 0.3) is 5.91 Å². The van der Waals surface area contributed by atoms with Crippen molar-refractivity contribution in [1.29, 1.82) is 0 Å². The highest BCUT2D eigenvalue weighted by molar-refractivity contribution is 6.09. The molecule has 0 fully saturated rings. The predicted molar refractivity (Wildman–Crippen MR) is 131 cm³/mol. The van der Waals surface area contributed by atoms with Gasteiger partial charge in [-0.1, -0.05) is 70.2 Å². The summed E-state index contributed by atoms with van der Waals surface area (Å²) in [5, 5.41) is 2.87. The molecule has 0 spiro atoms. The molecular weight excluding hydrogens is 414 g/mol. The van der Waals surface area contributed by atoms with Gasteiger partial charge in [-0.25, -0.2) is 0 Å². The number of rotatable bonds is 8. The molecule has 5 heteroatoms. The van der Waals surface area contributed by atoms with Crippen LogP contribution in [0.5, 0.6) is 11.5 Å². The first kappa shape index (κ1) is 24.1. The molecule has 1 atom stereocenters. The van der Waals surface area contributed by atoms with Crippen LogP contribution in [0.3, 0.4) is 0 Å². The molecule has 33 heavy (non-hydrogen) atoms. The number of benzene rings is 3. The summed E-state index contributed by atoms with van der Waals surface area (Å²) in [5.41, 5.74) is 2.86. The van der Waals surface area contributed by atoms with Crippen LogP contribution >= 0.6 is 0 Å². The van der Waals surface area contributed by atoms with Crippen molar-refractivity contribution < 1.29 is 19.1 Å². The third-order valence-corrected chi connectivity index (χ3v) is 5.39. The lowest BCUT2D eigenvalue weighted by molar-refractivity contribution is -0.122. The van der Waals surface area contributed by atoms with E-state index in [-0.39, 0.29) is 17.1 Å². The van der Waals surface area contributed by atoms with Gasteiger partial charge in [0.15, 0.2) is 11.9 Å². The fraction of sp³-hybridized carbons (Fsp3) is 0.286. The highest BCUT2D eigenvalue weighted by atomic mass is 16.5. The maximum absolute atomic E-state index is 13.0. The molecule has 0 bridgehead atoms. The lowest BCUT2D eigenvalue weighted by atomic mass is 9.86. The van der Waals surface area contributed by atoms with E-state index in [1.54, 1.807) is 43.5 Å². The predicted octanol–water partition coefficient (Wildman–Crippen LogP) is 6.02. The summed E-state index contributed by atoms with van der Waals surface area (Å²) in [6, 6.07) is 21.8. The molecule has 3 aromatic rings. The second kappa shape index (κ2) is 10.3. The summed E-state index contributed by atoms with van der Waals surface area (Å²) in [6.45, 7) is 8.29. The molecule has 3 rings (SSSR count). The number of carbonyl (C=O) groups excluding carboxylic acids is 2. The number of hydrogen-bond donors (Lipinski definition) is 1. The molecule has 3 aromatic carbocycles. The number of carbonyl (C=O) groups is 2. The van der Waals surface area contributed by atoms with E-state index in [2.05, 4.69) is 26.1 Å². The molecule has 0 radical (unpaired) electrons. The van der Waals surface area contributed by atoms with Gasteiger partial charge in [-0.05, 0) is 41.7 Å². The Morgan fingerprint density at radius 1 is 0.879 bits per heavy atom. The molecule has 0 saturated carbocycles. The van der Waals surface area contributed by atoms with Crippen LogP contribution in [-0.2, 0) is 10.2 Å². The summed E-state index contributed by atoms with van der Waals surface area (Å²) in [4.78, 5) is 25.8. The Morgan fingerprint density at radius 3 is 2.18 bits per heavy atom. The molecule has 0 saturated heterocycles. The number of ether oxygens (including phenoxy) is 2. The second-order valence-electron chi connectivity index (χ2n) is 8.92. The highest BCUT2D eigenvalue weighted by Gasteiger charge is 2.20. The molecule has 1 N–H and O–H groups in total. The van der Waals surface area contributed by atoms with Crippen LogP contribution < -0.4 is 14.8 Å². The fourth-order valence-electron chi connectivity index (χ4n) is 3.41. The Labute approximate surface area is 195 Å². The smallest absolute Gasteiger partial charge is 0.265 e. The maximum atomic E-state index is 13.0. The van der Waals surface area contributed by atoms with Gasteiger partial charge < -0.3 is 14.8 Å². The monoisotopic (exact) mass is 445 g/mol. The number of methoxy groups -OCH3 is 1. The Kier molecular flexibility index (Phi) is 7.54. The van der Waals surface area contributed by atoms with Gasteiger partial charge in [0, 0.05) is 22.9 Å². The molecule has 0 heterocycles. The summed E-state index contributed by atoms with van der Waals surface area (Å²) in [6.07, 6.45) is -0.191. The molecule has 5 nitrogen and oxygen atoms in total. The third kappa shape index (κ3) is 6.22. The van der Waals surface area contributed by atoms with Crippen molar-refractivity contribution in [3.63, 3.8) is 0 Å². The molecule has 0 aliphatic rings. The van der Waals surface area contributed by atoms with E-state index in [4.69, 9.17) is 9.47 Å². The number of anilines is 1. The maximum Gasteiger partial charge on any atom is 0.265 e. The zero-order valence-electron chi connectivity index (χ0n) is 19.8. The van der Waals surface area contributed by atoms with E-state index in [0.717, 1.165) is 0 Å². The molecule has 172 valence electrons. The van der Waals surface area contributed by atoms with Crippen LogP contribution in [0.25, 0.3) is 0 Å². The lowest BCUT2D eigenvalue weighted by Crippen LogP contribution is -2.32. The molecule has 1 amide bonds. The van der Waals surface area contributed by atoms with E-state index in [1.165, 1.54) is 5.56 Å². The van der Waals surface area contributed by atoms with E-state index in [9.17, 15) is 9.59 Å². The zero-order valence-corrected chi connectivity index (χ0v) is 19.8. The molecule has 0 unspecified atom stereocenters. The van der Waals surface area contributed by atoms with Gasteiger partial charge in [0.05, 0.1) is 7.11 Å². The largest absolute Gasteiger partial charge is 0.497 e. The summed E-state index contributed by atoms with van der Waals surface area (Å²) >= 11 is 0. The third-order valence-electron chi connectivity index (χ3n) is 5.39. The number of hydrogen-bond acceptors (Lipinski definition) is 4. The average Bonchev–Trinajstić information content (AvgIpc) is 2.81. The first-order chi connectivity index (χ1) is 15.7. The van der Waals surface area contributed by atoms with Gasteiger partial charge in [-0.3, -0.25) is 9.59 Å². The Hall–Kier alpha value is -3.60. The van der Waals surface area contributed by atoms with Crippen molar-refractivity contribution >= 4 is 17.4 Å². The normalized spacial score (nSPS) is 12.0. The van der Waals surface area contributed by atoms with E-state index >= 15 is 0 Å².